The number of rotatable bonds is 5. The van der Waals surface area contributed by atoms with Crippen LogP contribution in [0.2, 0.25) is 0 Å². The van der Waals surface area contributed by atoms with Gasteiger partial charge in [-0.2, -0.15) is 0 Å². The van der Waals surface area contributed by atoms with E-state index >= 15 is 0 Å². The lowest BCUT2D eigenvalue weighted by atomic mass is 10.2. The number of esters is 1. The normalized spacial score (nSPS) is 9.62. The van der Waals surface area contributed by atoms with E-state index in [1.165, 1.54) is 7.11 Å². The summed E-state index contributed by atoms with van der Waals surface area (Å²) in [7, 11) is 1.54. The van der Waals surface area contributed by atoms with Crippen LogP contribution < -0.4 is 9.47 Å². The molecule has 86 valence electrons. The largest absolute Gasteiger partial charge is 0.493 e. The molecule has 0 bridgehead atoms. The van der Waals surface area contributed by atoms with Crippen LogP contribution in [0, 0.1) is 0 Å². The Bertz CT molecular complexity index is 383. The smallest absolute Gasteiger partial charge is 0.338 e. The topological polar surface area (TPSA) is 35.5 Å². The summed E-state index contributed by atoms with van der Waals surface area (Å²) < 4.78 is 10.3. The molecule has 16 heavy (non-hydrogen) atoms. The van der Waals surface area contributed by atoms with E-state index < -0.39 is 5.97 Å². The average Bonchev–Trinajstić information content (AvgIpc) is 2.30. The van der Waals surface area contributed by atoms with E-state index in [1.54, 1.807) is 18.2 Å². The van der Waals surface area contributed by atoms with Crippen LogP contribution in [0.15, 0.2) is 36.4 Å². The highest BCUT2D eigenvalue weighted by molar-refractivity contribution is 5.89. The van der Waals surface area contributed by atoms with Crippen LogP contribution in [0.1, 0.15) is 19.8 Å². The van der Waals surface area contributed by atoms with Crippen LogP contribution >= 0.6 is 0 Å². The molecule has 0 atom stereocenters. The van der Waals surface area contributed by atoms with Crippen molar-refractivity contribution in [3.8, 4) is 11.5 Å². The van der Waals surface area contributed by atoms with Gasteiger partial charge in [0.15, 0.2) is 11.5 Å². The molecule has 0 fully saturated rings. The molecule has 0 unspecified atom stereocenters. The summed E-state index contributed by atoms with van der Waals surface area (Å²) in [5, 5.41) is 0. The first-order valence-corrected chi connectivity index (χ1v) is 5.22. The van der Waals surface area contributed by atoms with Gasteiger partial charge in [0, 0.05) is 5.57 Å². The summed E-state index contributed by atoms with van der Waals surface area (Å²) in [5.41, 5.74) is 0.480. The number of carbonyl (C=O) groups is 1. The second-order valence-electron chi connectivity index (χ2n) is 3.39. The number of carbonyl (C=O) groups excluding carboxylic acids is 1. The Hall–Kier alpha value is -1.77. The van der Waals surface area contributed by atoms with Gasteiger partial charge in [-0.05, 0) is 18.6 Å². The lowest BCUT2D eigenvalue weighted by Crippen LogP contribution is -2.10. The number of hydrogen-bond acceptors (Lipinski definition) is 3. The lowest BCUT2D eigenvalue weighted by molar-refractivity contribution is -0.130. The predicted octanol–water partition coefficient (Wildman–Crippen LogP) is 2.96. The van der Waals surface area contributed by atoms with Crippen molar-refractivity contribution in [3.05, 3.63) is 36.4 Å². The number of hydrogen-bond donors (Lipinski definition) is 0. The third-order valence-electron chi connectivity index (χ3n) is 2.11. The van der Waals surface area contributed by atoms with E-state index in [1.807, 2.05) is 13.0 Å². The van der Waals surface area contributed by atoms with Gasteiger partial charge in [0.2, 0.25) is 0 Å². The van der Waals surface area contributed by atoms with Crippen LogP contribution in [-0.2, 0) is 4.79 Å². The van der Waals surface area contributed by atoms with Crippen molar-refractivity contribution in [1.29, 1.82) is 0 Å². The SMILES string of the molecule is C=C(CCC)C(=O)Oc1ccccc1OC. The first-order chi connectivity index (χ1) is 7.69. The van der Waals surface area contributed by atoms with E-state index in [0.29, 0.717) is 23.5 Å². The van der Waals surface area contributed by atoms with Crippen molar-refractivity contribution >= 4 is 5.97 Å². The van der Waals surface area contributed by atoms with Gasteiger partial charge in [0.05, 0.1) is 7.11 Å². The van der Waals surface area contributed by atoms with Gasteiger partial charge in [-0.25, -0.2) is 4.79 Å². The van der Waals surface area contributed by atoms with Gasteiger partial charge in [-0.1, -0.05) is 32.1 Å². The monoisotopic (exact) mass is 220 g/mol. The Kier molecular flexibility index (Phi) is 4.58. The molecule has 3 nitrogen and oxygen atoms in total. The van der Waals surface area contributed by atoms with E-state index in [2.05, 4.69) is 6.58 Å². The molecular formula is C13H16O3. The molecule has 0 aliphatic carbocycles. The highest BCUT2D eigenvalue weighted by atomic mass is 16.6. The molecule has 0 aliphatic rings. The molecule has 0 radical (unpaired) electrons. The second kappa shape index (κ2) is 5.95. The maximum absolute atomic E-state index is 11.6. The van der Waals surface area contributed by atoms with Gasteiger partial charge >= 0.3 is 5.97 Å². The highest BCUT2D eigenvalue weighted by Gasteiger charge is 2.11. The van der Waals surface area contributed by atoms with E-state index in [0.717, 1.165) is 6.42 Å². The molecule has 1 aromatic carbocycles. The number of benzene rings is 1. The van der Waals surface area contributed by atoms with Crippen molar-refractivity contribution in [3.63, 3.8) is 0 Å². The fourth-order valence-electron chi connectivity index (χ4n) is 1.28. The molecule has 0 saturated carbocycles. The van der Waals surface area contributed by atoms with Crippen LogP contribution in [0.25, 0.3) is 0 Å². The van der Waals surface area contributed by atoms with Crippen LogP contribution in [-0.4, -0.2) is 13.1 Å². The van der Waals surface area contributed by atoms with Crippen molar-refractivity contribution in [2.24, 2.45) is 0 Å². The first-order valence-electron chi connectivity index (χ1n) is 5.22. The van der Waals surface area contributed by atoms with Gasteiger partial charge in [-0.3, -0.25) is 0 Å². The molecule has 0 N–H and O–H groups in total. The Balaban J connectivity index is 2.73. The Morgan fingerprint density at radius 2 is 1.94 bits per heavy atom. The minimum atomic E-state index is -0.397. The minimum Gasteiger partial charge on any atom is -0.493 e. The van der Waals surface area contributed by atoms with Crippen LogP contribution in [0.4, 0.5) is 0 Å². The highest BCUT2D eigenvalue weighted by Crippen LogP contribution is 2.26. The summed E-state index contributed by atoms with van der Waals surface area (Å²) in [6, 6.07) is 7.03. The minimum absolute atomic E-state index is 0.397. The molecule has 0 aliphatic heterocycles. The lowest BCUT2D eigenvalue weighted by Gasteiger charge is -2.09. The molecule has 0 amide bonds. The average molecular weight is 220 g/mol. The molecule has 1 aromatic rings. The van der Waals surface area contributed by atoms with Crippen molar-refractivity contribution in [2.45, 2.75) is 19.8 Å². The quantitative estimate of drug-likeness (QED) is 0.435. The maximum atomic E-state index is 11.6. The van der Waals surface area contributed by atoms with E-state index in [4.69, 9.17) is 9.47 Å². The van der Waals surface area contributed by atoms with Crippen molar-refractivity contribution < 1.29 is 14.3 Å². The Labute approximate surface area is 95.7 Å². The number of para-hydroxylation sites is 2. The number of ether oxygens (including phenoxy) is 2. The van der Waals surface area contributed by atoms with Gasteiger partial charge in [-0.15, -0.1) is 0 Å². The van der Waals surface area contributed by atoms with Crippen LogP contribution in [0.5, 0.6) is 11.5 Å². The second-order valence-corrected chi connectivity index (χ2v) is 3.39. The number of methoxy groups -OCH3 is 1. The summed E-state index contributed by atoms with van der Waals surface area (Å²) in [5.74, 6) is 0.568. The zero-order valence-electron chi connectivity index (χ0n) is 9.66. The first kappa shape index (κ1) is 12.3. The third kappa shape index (κ3) is 3.12. The van der Waals surface area contributed by atoms with Gasteiger partial charge in [0.25, 0.3) is 0 Å². The van der Waals surface area contributed by atoms with Crippen molar-refractivity contribution in [2.75, 3.05) is 7.11 Å². The van der Waals surface area contributed by atoms with Crippen LogP contribution in [0.3, 0.4) is 0 Å². The molecule has 0 saturated heterocycles. The summed E-state index contributed by atoms with van der Waals surface area (Å²) >= 11 is 0. The summed E-state index contributed by atoms with van der Waals surface area (Å²) in [6.45, 7) is 5.67. The summed E-state index contributed by atoms with van der Waals surface area (Å²) in [6.07, 6.45) is 1.52. The van der Waals surface area contributed by atoms with E-state index in [9.17, 15) is 4.79 Å². The fourth-order valence-corrected chi connectivity index (χ4v) is 1.28. The Morgan fingerprint density at radius 1 is 1.31 bits per heavy atom. The summed E-state index contributed by atoms with van der Waals surface area (Å²) in [4.78, 5) is 11.6. The molecule has 3 heteroatoms. The molecule has 1 rings (SSSR count). The zero-order valence-corrected chi connectivity index (χ0v) is 9.66. The van der Waals surface area contributed by atoms with E-state index in [-0.39, 0.29) is 0 Å². The standard InChI is InChI=1S/C13H16O3/c1-4-7-10(2)13(14)16-12-9-6-5-8-11(12)15-3/h5-6,8-9H,2,4,7H2,1,3H3. The molecule has 0 heterocycles. The molecular weight excluding hydrogens is 204 g/mol. The maximum Gasteiger partial charge on any atom is 0.338 e. The fraction of sp³-hybridized carbons (Fsp3) is 0.308. The van der Waals surface area contributed by atoms with Crippen molar-refractivity contribution in [1.82, 2.24) is 0 Å². The van der Waals surface area contributed by atoms with Gasteiger partial charge in [0.1, 0.15) is 0 Å². The zero-order chi connectivity index (χ0) is 12.0. The molecule has 0 aromatic heterocycles. The van der Waals surface area contributed by atoms with Gasteiger partial charge < -0.3 is 9.47 Å². The molecule has 0 spiro atoms. The third-order valence-corrected chi connectivity index (χ3v) is 2.11. The Morgan fingerprint density at radius 3 is 2.50 bits per heavy atom. The predicted molar refractivity (Wildman–Crippen MR) is 62.7 cm³/mol.